The molecule has 0 radical (unpaired) electrons. The molecule has 1 N–H and O–H groups in total. The lowest BCUT2D eigenvalue weighted by molar-refractivity contribution is 0.0806. The molecule has 4 aromatic rings. The summed E-state index contributed by atoms with van der Waals surface area (Å²) in [5.41, 5.74) is 1.95. The molecule has 5 rings (SSSR count). The van der Waals surface area contributed by atoms with Crippen LogP contribution in [0.25, 0.3) is 21.8 Å². The number of hydrogen-bond acceptors (Lipinski definition) is 4. The van der Waals surface area contributed by atoms with Gasteiger partial charge in [-0.2, -0.15) is 0 Å². The van der Waals surface area contributed by atoms with Gasteiger partial charge >= 0.3 is 0 Å². The van der Waals surface area contributed by atoms with Gasteiger partial charge in [0.05, 0.1) is 17.6 Å². The maximum atomic E-state index is 10.7. The van der Waals surface area contributed by atoms with Crippen LogP contribution >= 0.6 is 12.4 Å². The first-order valence-electron chi connectivity index (χ1n) is 10.1. The molecule has 1 aromatic heterocycles. The van der Waals surface area contributed by atoms with E-state index in [0.717, 1.165) is 47.4 Å². The Labute approximate surface area is 181 Å². The van der Waals surface area contributed by atoms with Gasteiger partial charge in [0.15, 0.2) is 0 Å². The van der Waals surface area contributed by atoms with E-state index in [1.54, 1.807) is 0 Å². The quantitative estimate of drug-likeness (QED) is 0.478. The van der Waals surface area contributed by atoms with Gasteiger partial charge in [-0.25, -0.2) is 4.98 Å². The van der Waals surface area contributed by atoms with Crippen molar-refractivity contribution in [2.45, 2.75) is 31.6 Å². The van der Waals surface area contributed by atoms with E-state index in [1.807, 2.05) is 54.6 Å². The number of benzene rings is 3. The molecule has 1 aliphatic rings. The first-order chi connectivity index (χ1) is 14.3. The molecule has 3 aromatic carbocycles. The van der Waals surface area contributed by atoms with Gasteiger partial charge in [-0.05, 0) is 47.9 Å². The number of hydrogen-bond donors (Lipinski definition) is 1. The molecule has 1 saturated heterocycles. The standard InChI is InChI=1S/C24H24N2O3.ClH/c27-19(16-29-20-12-11-17-6-1-2-7-18(17)14-20)15-26-22-9-4-3-8-21(22)25-24(26)23-10-5-13-28-23;/h1-4,6-9,11-12,14,19,23,27H,5,10,13,15-16H2;1H. The van der Waals surface area contributed by atoms with Gasteiger partial charge in [0, 0.05) is 6.61 Å². The summed E-state index contributed by atoms with van der Waals surface area (Å²) >= 11 is 0. The molecule has 1 aliphatic heterocycles. The molecule has 5 nitrogen and oxygen atoms in total. The third kappa shape index (κ3) is 4.15. The van der Waals surface area contributed by atoms with E-state index in [-0.39, 0.29) is 25.1 Å². The van der Waals surface area contributed by atoms with Crippen molar-refractivity contribution < 1.29 is 14.6 Å². The van der Waals surface area contributed by atoms with Crippen molar-refractivity contribution in [1.82, 2.24) is 9.55 Å². The molecule has 1 fully saturated rings. The Morgan fingerprint density at radius 3 is 2.70 bits per heavy atom. The SMILES string of the molecule is Cl.OC(COc1ccc2ccccc2c1)Cn1c(C2CCCO2)nc2ccccc21. The number of aliphatic hydroxyl groups excluding tert-OH is 1. The third-order valence-corrected chi connectivity index (χ3v) is 5.46. The number of imidazole rings is 1. The Morgan fingerprint density at radius 2 is 1.87 bits per heavy atom. The fourth-order valence-corrected chi connectivity index (χ4v) is 4.03. The van der Waals surface area contributed by atoms with Gasteiger partial charge < -0.3 is 19.1 Å². The zero-order valence-electron chi connectivity index (χ0n) is 16.6. The maximum Gasteiger partial charge on any atom is 0.139 e. The number of aromatic nitrogens is 2. The van der Waals surface area contributed by atoms with E-state index >= 15 is 0 Å². The highest BCUT2D eigenvalue weighted by Gasteiger charge is 2.25. The average molecular weight is 425 g/mol. The molecule has 0 bridgehead atoms. The molecule has 2 unspecified atom stereocenters. The summed E-state index contributed by atoms with van der Waals surface area (Å²) in [6, 6.07) is 22.2. The molecule has 6 heteroatoms. The minimum atomic E-state index is -0.653. The number of rotatable bonds is 6. The molecule has 0 saturated carbocycles. The number of para-hydroxylation sites is 2. The highest BCUT2D eigenvalue weighted by molar-refractivity contribution is 5.85. The topological polar surface area (TPSA) is 56.5 Å². The lowest BCUT2D eigenvalue weighted by Gasteiger charge is -2.18. The van der Waals surface area contributed by atoms with E-state index < -0.39 is 6.10 Å². The van der Waals surface area contributed by atoms with Crippen molar-refractivity contribution in [2.24, 2.45) is 0 Å². The number of aliphatic hydroxyl groups is 1. The van der Waals surface area contributed by atoms with Gasteiger partial charge in [-0.3, -0.25) is 0 Å². The zero-order chi connectivity index (χ0) is 19.6. The second kappa shape index (κ2) is 9.04. The zero-order valence-corrected chi connectivity index (χ0v) is 17.4. The normalized spacial score (nSPS) is 17.2. The molecular weight excluding hydrogens is 400 g/mol. The number of nitrogens with zero attached hydrogens (tertiary/aromatic N) is 2. The molecule has 2 heterocycles. The minimum Gasteiger partial charge on any atom is -0.491 e. The highest BCUT2D eigenvalue weighted by Crippen LogP contribution is 2.31. The van der Waals surface area contributed by atoms with Crippen LogP contribution in [0.4, 0.5) is 0 Å². The highest BCUT2D eigenvalue weighted by atomic mass is 35.5. The summed E-state index contributed by atoms with van der Waals surface area (Å²) in [6.45, 7) is 1.40. The van der Waals surface area contributed by atoms with Crippen LogP contribution in [0.15, 0.2) is 66.7 Å². The van der Waals surface area contributed by atoms with E-state index in [0.29, 0.717) is 6.54 Å². The van der Waals surface area contributed by atoms with Crippen LogP contribution in [0.2, 0.25) is 0 Å². The number of ether oxygens (including phenoxy) is 2. The maximum absolute atomic E-state index is 10.7. The van der Waals surface area contributed by atoms with Gasteiger partial charge in [-0.15, -0.1) is 12.4 Å². The summed E-state index contributed by atoms with van der Waals surface area (Å²) in [6.07, 6.45) is 1.35. The minimum absolute atomic E-state index is 0. The van der Waals surface area contributed by atoms with E-state index in [4.69, 9.17) is 14.5 Å². The molecule has 0 spiro atoms. The summed E-state index contributed by atoms with van der Waals surface area (Å²) in [5, 5.41) is 13.0. The Hall–Kier alpha value is -2.60. The Morgan fingerprint density at radius 1 is 1.07 bits per heavy atom. The smallest absolute Gasteiger partial charge is 0.139 e. The van der Waals surface area contributed by atoms with Gasteiger partial charge in [0.2, 0.25) is 0 Å². The van der Waals surface area contributed by atoms with Crippen LogP contribution in [-0.4, -0.2) is 34.0 Å². The number of fused-ring (bicyclic) bond motifs is 2. The number of halogens is 1. The first kappa shape index (κ1) is 20.7. The van der Waals surface area contributed by atoms with Crippen LogP contribution < -0.4 is 4.74 Å². The third-order valence-electron chi connectivity index (χ3n) is 5.46. The Kier molecular flexibility index (Phi) is 6.23. The van der Waals surface area contributed by atoms with Gasteiger partial charge in [-0.1, -0.05) is 42.5 Å². The van der Waals surface area contributed by atoms with Gasteiger partial charge in [0.25, 0.3) is 0 Å². The van der Waals surface area contributed by atoms with Crippen molar-refractivity contribution in [1.29, 1.82) is 0 Å². The summed E-state index contributed by atoms with van der Waals surface area (Å²) in [4.78, 5) is 4.79. The van der Waals surface area contributed by atoms with Crippen LogP contribution in [-0.2, 0) is 11.3 Å². The lowest BCUT2D eigenvalue weighted by atomic mass is 10.1. The van der Waals surface area contributed by atoms with Gasteiger partial charge in [0.1, 0.15) is 30.4 Å². The first-order valence-corrected chi connectivity index (χ1v) is 10.1. The fraction of sp³-hybridized carbons (Fsp3) is 0.292. The molecule has 0 amide bonds. The second-order valence-electron chi connectivity index (χ2n) is 7.54. The van der Waals surface area contributed by atoms with Crippen molar-refractivity contribution in [3.05, 3.63) is 72.6 Å². The van der Waals surface area contributed by atoms with Crippen molar-refractivity contribution in [3.8, 4) is 5.75 Å². The van der Waals surface area contributed by atoms with Crippen molar-refractivity contribution >= 4 is 34.2 Å². The summed E-state index contributed by atoms with van der Waals surface area (Å²) in [5.74, 6) is 1.66. The molecule has 30 heavy (non-hydrogen) atoms. The second-order valence-corrected chi connectivity index (χ2v) is 7.54. The monoisotopic (exact) mass is 424 g/mol. The Balaban J connectivity index is 0.00000218. The molecular formula is C24H25ClN2O3. The summed E-state index contributed by atoms with van der Waals surface area (Å²) in [7, 11) is 0. The van der Waals surface area contributed by atoms with Crippen LogP contribution in [0, 0.1) is 0 Å². The van der Waals surface area contributed by atoms with Crippen molar-refractivity contribution in [3.63, 3.8) is 0 Å². The van der Waals surface area contributed by atoms with E-state index in [1.165, 1.54) is 5.39 Å². The van der Waals surface area contributed by atoms with E-state index in [9.17, 15) is 5.11 Å². The van der Waals surface area contributed by atoms with E-state index in [2.05, 4.69) is 16.7 Å². The molecule has 2 atom stereocenters. The molecule has 156 valence electrons. The lowest BCUT2D eigenvalue weighted by Crippen LogP contribution is -2.25. The van der Waals surface area contributed by atoms with Crippen LogP contribution in [0.1, 0.15) is 24.8 Å². The predicted molar refractivity (Wildman–Crippen MR) is 120 cm³/mol. The predicted octanol–water partition coefficient (Wildman–Crippen LogP) is 4.90. The summed E-state index contributed by atoms with van der Waals surface area (Å²) < 4.78 is 13.8. The Bertz CT molecular complexity index is 1140. The van der Waals surface area contributed by atoms with Crippen molar-refractivity contribution in [2.75, 3.05) is 13.2 Å². The fourth-order valence-electron chi connectivity index (χ4n) is 4.03. The van der Waals surface area contributed by atoms with Crippen LogP contribution in [0.3, 0.4) is 0 Å². The average Bonchev–Trinajstić information content (AvgIpc) is 3.40. The molecule has 0 aliphatic carbocycles. The van der Waals surface area contributed by atoms with Crippen LogP contribution in [0.5, 0.6) is 5.75 Å². The largest absolute Gasteiger partial charge is 0.491 e.